The van der Waals surface area contributed by atoms with Crippen LogP contribution in [-0.4, -0.2) is 42.9 Å². The van der Waals surface area contributed by atoms with Gasteiger partial charge in [0, 0.05) is 13.0 Å². The average Bonchev–Trinajstić information content (AvgIpc) is 3.38. The normalized spacial score (nSPS) is 13.7. The van der Waals surface area contributed by atoms with Gasteiger partial charge in [0.2, 0.25) is 0 Å². The average molecular weight is 437 g/mol. The molecule has 1 aliphatic rings. The van der Waals surface area contributed by atoms with Crippen molar-refractivity contribution in [2.45, 2.75) is 23.7 Å². The van der Waals surface area contributed by atoms with E-state index in [2.05, 4.69) is 22.3 Å². The molecule has 1 saturated carbocycles. The van der Waals surface area contributed by atoms with Crippen LogP contribution in [0.4, 0.5) is 5.69 Å². The number of hydrogen-bond acceptors (Lipinski definition) is 6. The third kappa shape index (κ3) is 3.99. The zero-order valence-corrected chi connectivity index (χ0v) is 17.3. The molecule has 1 amide bonds. The number of halogens is 1. The van der Waals surface area contributed by atoms with Gasteiger partial charge >= 0.3 is 0 Å². The molecular formula is C18H21ClN6O3S. The molecule has 0 radical (unpaired) electrons. The minimum absolute atomic E-state index is 0.00206. The maximum absolute atomic E-state index is 12.8. The molecule has 1 aromatic heterocycles. The minimum Gasteiger partial charge on any atom is -0.387 e. The number of carbonyl (C=O) groups excluding carboxylic acids is 1. The zero-order chi connectivity index (χ0) is 21.3. The number of carbonyl (C=O) groups is 1. The Labute approximate surface area is 173 Å². The highest BCUT2D eigenvalue weighted by Crippen LogP contribution is 2.44. The highest BCUT2D eigenvalue weighted by molar-refractivity contribution is 7.91. The van der Waals surface area contributed by atoms with Gasteiger partial charge in [0.05, 0.1) is 39.6 Å². The predicted octanol–water partition coefficient (Wildman–Crippen LogP) is 2.03. The Bertz CT molecular complexity index is 1110. The molecular weight excluding hydrogens is 416 g/mol. The summed E-state index contributed by atoms with van der Waals surface area (Å²) >= 11 is 6.55. The molecule has 154 valence electrons. The number of rotatable bonds is 7. The van der Waals surface area contributed by atoms with Crippen LogP contribution in [0.1, 0.15) is 34.8 Å². The number of amides is 1. The lowest BCUT2D eigenvalue weighted by molar-refractivity contribution is 0.0975. The van der Waals surface area contributed by atoms with E-state index in [1.54, 1.807) is 19.2 Å². The first-order valence-electron chi connectivity index (χ1n) is 8.78. The van der Waals surface area contributed by atoms with Crippen LogP contribution < -0.4 is 16.4 Å². The van der Waals surface area contributed by atoms with Crippen molar-refractivity contribution in [3.63, 3.8) is 0 Å². The molecule has 1 aliphatic carbocycles. The second-order valence-electron chi connectivity index (χ2n) is 6.59. The number of sulfone groups is 1. The molecule has 0 atom stereocenters. The summed E-state index contributed by atoms with van der Waals surface area (Å²) in [5, 5.41) is 16.7. The van der Waals surface area contributed by atoms with E-state index >= 15 is 0 Å². The SMILES string of the molecule is C=CCS(=O)(=O)c1c(NC)ccc(-n2ncc(C(=O)NC(=N)N)c2C2CC2)c1Cl. The summed E-state index contributed by atoms with van der Waals surface area (Å²) in [5.74, 6) is -1.21. The van der Waals surface area contributed by atoms with Crippen molar-refractivity contribution in [1.82, 2.24) is 15.1 Å². The lowest BCUT2D eigenvalue weighted by Gasteiger charge is -2.16. The van der Waals surface area contributed by atoms with Crippen molar-refractivity contribution < 1.29 is 13.2 Å². The molecule has 0 unspecified atom stereocenters. The van der Waals surface area contributed by atoms with Crippen molar-refractivity contribution in [2.75, 3.05) is 18.1 Å². The first-order chi connectivity index (χ1) is 13.7. The van der Waals surface area contributed by atoms with Gasteiger partial charge in [0.25, 0.3) is 5.91 Å². The molecule has 11 heteroatoms. The minimum atomic E-state index is -3.73. The first-order valence-corrected chi connectivity index (χ1v) is 10.8. The van der Waals surface area contributed by atoms with E-state index in [0.717, 1.165) is 12.8 Å². The molecule has 5 N–H and O–H groups in total. The molecule has 1 fully saturated rings. The Morgan fingerprint density at radius 1 is 1.48 bits per heavy atom. The molecule has 29 heavy (non-hydrogen) atoms. The lowest BCUT2D eigenvalue weighted by Crippen LogP contribution is -2.36. The summed E-state index contributed by atoms with van der Waals surface area (Å²) in [6.07, 6.45) is 4.39. The Balaban J connectivity index is 2.20. The van der Waals surface area contributed by atoms with Crippen LogP contribution in [0.2, 0.25) is 5.02 Å². The van der Waals surface area contributed by atoms with E-state index in [1.165, 1.54) is 17.0 Å². The molecule has 0 spiro atoms. The van der Waals surface area contributed by atoms with Gasteiger partial charge in [0.15, 0.2) is 15.8 Å². The predicted molar refractivity (Wildman–Crippen MR) is 112 cm³/mol. The Kier molecular flexibility index (Phi) is 5.67. The molecule has 3 rings (SSSR count). The summed E-state index contributed by atoms with van der Waals surface area (Å²) in [7, 11) is -2.13. The van der Waals surface area contributed by atoms with Crippen molar-refractivity contribution >= 4 is 39.0 Å². The van der Waals surface area contributed by atoms with Gasteiger partial charge in [-0.15, -0.1) is 6.58 Å². The number of hydrogen-bond donors (Lipinski definition) is 4. The fourth-order valence-corrected chi connectivity index (χ4v) is 5.07. The van der Waals surface area contributed by atoms with Gasteiger partial charge in [-0.1, -0.05) is 17.7 Å². The van der Waals surface area contributed by atoms with Gasteiger partial charge < -0.3 is 11.1 Å². The van der Waals surface area contributed by atoms with Gasteiger partial charge in [-0.2, -0.15) is 5.10 Å². The van der Waals surface area contributed by atoms with Gasteiger partial charge in [0.1, 0.15) is 4.90 Å². The van der Waals surface area contributed by atoms with Crippen LogP contribution in [0, 0.1) is 5.41 Å². The summed E-state index contributed by atoms with van der Waals surface area (Å²) < 4.78 is 27.0. The van der Waals surface area contributed by atoms with Gasteiger partial charge in [-0.25, -0.2) is 13.1 Å². The Morgan fingerprint density at radius 2 is 2.17 bits per heavy atom. The van der Waals surface area contributed by atoms with E-state index in [9.17, 15) is 13.2 Å². The highest BCUT2D eigenvalue weighted by atomic mass is 35.5. The molecule has 1 heterocycles. The third-order valence-corrected chi connectivity index (χ3v) is 6.70. The quantitative estimate of drug-likeness (QED) is 0.297. The molecule has 0 saturated heterocycles. The largest absolute Gasteiger partial charge is 0.387 e. The topological polar surface area (TPSA) is 143 Å². The van der Waals surface area contributed by atoms with E-state index in [0.29, 0.717) is 17.1 Å². The lowest BCUT2D eigenvalue weighted by atomic mass is 10.1. The monoisotopic (exact) mass is 436 g/mol. The van der Waals surface area contributed by atoms with Crippen LogP contribution in [0.25, 0.3) is 5.69 Å². The van der Waals surface area contributed by atoms with Crippen molar-refractivity contribution in [1.29, 1.82) is 5.41 Å². The Hall–Kier alpha value is -2.85. The molecule has 0 aliphatic heterocycles. The van der Waals surface area contributed by atoms with Crippen LogP contribution in [0.15, 0.2) is 35.9 Å². The second kappa shape index (κ2) is 7.88. The van der Waals surface area contributed by atoms with E-state index in [1.807, 2.05) is 0 Å². The number of nitrogens with one attached hydrogen (secondary N) is 3. The van der Waals surface area contributed by atoms with Gasteiger partial charge in [-0.05, 0) is 25.0 Å². The van der Waals surface area contributed by atoms with Crippen molar-refractivity contribution in [2.24, 2.45) is 5.73 Å². The second-order valence-corrected chi connectivity index (χ2v) is 8.94. The van der Waals surface area contributed by atoms with Crippen LogP contribution in [-0.2, 0) is 9.84 Å². The number of anilines is 1. The van der Waals surface area contributed by atoms with Crippen LogP contribution >= 0.6 is 11.6 Å². The zero-order valence-electron chi connectivity index (χ0n) is 15.7. The summed E-state index contributed by atoms with van der Waals surface area (Å²) in [4.78, 5) is 12.4. The first kappa shape index (κ1) is 20.9. The smallest absolute Gasteiger partial charge is 0.261 e. The van der Waals surface area contributed by atoms with E-state index < -0.39 is 21.7 Å². The van der Waals surface area contributed by atoms with Crippen molar-refractivity contribution in [3.8, 4) is 5.69 Å². The van der Waals surface area contributed by atoms with E-state index in [-0.39, 0.29) is 27.2 Å². The number of aromatic nitrogens is 2. The number of nitrogens with zero attached hydrogens (tertiary/aromatic N) is 2. The molecule has 1 aromatic carbocycles. The highest BCUT2D eigenvalue weighted by Gasteiger charge is 2.34. The molecule has 9 nitrogen and oxygen atoms in total. The summed E-state index contributed by atoms with van der Waals surface area (Å²) in [6, 6.07) is 3.25. The van der Waals surface area contributed by atoms with Gasteiger partial charge in [-0.3, -0.25) is 15.5 Å². The van der Waals surface area contributed by atoms with E-state index in [4.69, 9.17) is 22.7 Å². The summed E-state index contributed by atoms with van der Waals surface area (Å²) in [5.41, 5.74) is 6.84. The Morgan fingerprint density at radius 3 is 2.72 bits per heavy atom. The maximum atomic E-state index is 12.8. The van der Waals surface area contributed by atoms with Crippen molar-refractivity contribution in [3.05, 3.63) is 47.3 Å². The number of nitrogens with two attached hydrogens (primary N) is 1. The third-order valence-electron chi connectivity index (χ3n) is 4.49. The van der Waals surface area contributed by atoms with Crippen LogP contribution in [0.3, 0.4) is 0 Å². The standard InChI is InChI=1S/C18H21ClN6O3S/c1-3-8-29(27,28)16-12(22-2)6-7-13(14(16)19)25-15(10-4-5-10)11(9-23-25)17(26)24-18(20)21/h3,6-7,9-10,22H,1,4-5,8H2,2H3,(H4,20,21,24,26). The number of benzene rings is 1. The molecule has 0 bridgehead atoms. The number of guanidine groups is 1. The fourth-order valence-electron chi connectivity index (χ4n) is 3.11. The maximum Gasteiger partial charge on any atom is 0.261 e. The molecule has 2 aromatic rings. The fraction of sp³-hybridized carbons (Fsp3) is 0.278. The summed E-state index contributed by atoms with van der Waals surface area (Å²) in [6.45, 7) is 3.50. The van der Waals surface area contributed by atoms with Crippen LogP contribution in [0.5, 0.6) is 0 Å².